The summed E-state index contributed by atoms with van der Waals surface area (Å²) < 4.78 is 3.23. The van der Waals surface area contributed by atoms with Crippen LogP contribution in [0.1, 0.15) is 26.6 Å². The Bertz CT molecular complexity index is 480. The first-order valence-corrected chi connectivity index (χ1v) is 5.86. The van der Waals surface area contributed by atoms with Crippen molar-refractivity contribution in [2.24, 2.45) is 5.41 Å². The molecule has 0 aliphatic heterocycles. The highest BCUT2D eigenvalue weighted by molar-refractivity contribution is 9.10. The van der Waals surface area contributed by atoms with Crippen molar-refractivity contribution < 1.29 is 0 Å². The average Bonchev–Trinajstić information content (AvgIpc) is 2.46. The number of halogens is 1. The first-order valence-electron chi connectivity index (χ1n) is 5.07. The number of aromatic nitrogens is 2. The van der Waals surface area contributed by atoms with Crippen molar-refractivity contribution in [3.63, 3.8) is 0 Å². The molecule has 2 aromatic heterocycles. The van der Waals surface area contributed by atoms with Gasteiger partial charge < -0.3 is 4.40 Å². The van der Waals surface area contributed by atoms with Crippen LogP contribution in [0.3, 0.4) is 0 Å². The molecule has 0 saturated carbocycles. The molecule has 0 aliphatic carbocycles. The van der Waals surface area contributed by atoms with Crippen molar-refractivity contribution in [1.82, 2.24) is 9.38 Å². The van der Waals surface area contributed by atoms with Crippen LogP contribution in [0.5, 0.6) is 0 Å². The molecule has 0 aliphatic rings. The van der Waals surface area contributed by atoms with E-state index >= 15 is 0 Å². The number of pyridine rings is 1. The Kier molecular flexibility index (Phi) is 2.59. The van der Waals surface area contributed by atoms with Gasteiger partial charge in [-0.1, -0.05) is 20.8 Å². The summed E-state index contributed by atoms with van der Waals surface area (Å²) in [6, 6.07) is 4.11. The summed E-state index contributed by atoms with van der Waals surface area (Å²) in [7, 11) is 0. The summed E-state index contributed by atoms with van der Waals surface area (Å²) in [6.07, 6.45) is 4.98. The van der Waals surface area contributed by atoms with Crippen molar-refractivity contribution in [1.29, 1.82) is 0 Å². The minimum atomic E-state index is 0.267. The lowest BCUT2D eigenvalue weighted by Crippen LogP contribution is -2.11. The van der Waals surface area contributed by atoms with Crippen LogP contribution >= 0.6 is 15.9 Å². The van der Waals surface area contributed by atoms with Crippen LogP contribution in [0.15, 0.2) is 29.0 Å². The Morgan fingerprint density at radius 1 is 1.33 bits per heavy atom. The molecule has 0 saturated heterocycles. The minimum Gasteiger partial charge on any atom is -0.303 e. The lowest BCUT2D eigenvalue weighted by atomic mass is 9.92. The molecule has 3 heteroatoms. The van der Waals surface area contributed by atoms with E-state index in [0.29, 0.717) is 0 Å². The molecule has 0 aromatic carbocycles. The quantitative estimate of drug-likeness (QED) is 0.770. The molecule has 0 atom stereocenters. The van der Waals surface area contributed by atoms with Gasteiger partial charge in [-0.05, 0) is 33.5 Å². The fourth-order valence-electron chi connectivity index (χ4n) is 1.62. The van der Waals surface area contributed by atoms with Crippen molar-refractivity contribution in [3.8, 4) is 0 Å². The van der Waals surface area contributed by atoms with Gasteiger partial charge >= 0.3 is 0 Å². The molecule has 0 unspecified atom stereocenters. The van der Waals surface area contributed by atoms with Gasteiger partial charge in [0.15, 0.2) is 0 Å². The van der Waals surface area contributed by atoms with Crippen LogP contribution in [-0.4, -0.2) is 9.38 Å². The van der Waals surface area contributed by atoms with E-state index in [1.165, 1.54) is 0 Å². The van der Waals surface area contributed by atoms with Crippen LogP contribution in [0.25, 0.3) is 5.52 Å². The third-order valence-corrected chi connectivity index (χ3v) is 2.73. The second kappa shape index (κ2) is 3.63. The van der Waals surface area contributed by atoms with Crippen LogP contribution in [0, 0.1) is 5.41 Å². The van der Waals surface area contributed by atoms with Gasteiger partial charge in [0, 0.05) is 17.1 Å². The van der Waals surface area contributed by atoms with Gasteiger partial charge in [0.05, 0.1) is 11.7 Å². The fraction of sp³-hybridized carbons (Fsp3) is 0.417. The van der Waals surface area contributed by atoms with Crippen LogP contribution in [-0.2, 0) is 6.42 Å². The van der Waals surface area contributed by atoms with Gasteiger partial charge in [-0.15, -0.1) is 0 Å². The van der Waals surface area contributed by atoms with E-state index < -0.39 is 0 Å². The SMILES string of the molecule is CC(C)(C)Cc1ncc2ccc(Br)cn12. The first-order chi connectivity index (χ1) is 6.96. The fourth-order valence-corrected chi connectivity index (χ4v) is 1.96. The van der Waals surface area contributed by atoms with Gasteiger partial charge in [-0.2, -0.15) is 0 Å². The molecule has 0 amide bonds. The zero-order valence-corrected chi connectivity index (χ0v) is 10.9. The number of fused-ring (bicyclic) bond motifs is 1. The van der Waals surface area contributed by atoms with E-state index in [4.69, 9.17) is 0 Å². The predicted molar refractivity (Wildman–Crippen MR) is 66.1 cm³/mol. The maximum absolute atomic E-state index is 4.46. The summed E-state index contributed by atoms with van der Waals surface area (Å²) in [6.45, 7) is 6.68. The summed E-state index contributed by atoms with van der Waals surface area (Å²) >= 11 is 3.48. The van der Waals surface area contributed by atoms with Gasteiger partial charge in [-0.3, -0.25) is 0 Å². The molecule has 0 bridgehead atoms. The minimum absolute atomic E-state index is 0.267. The molecule has 0 radical (unpaired) electrons. The zero-order chi connectivity index (χ0) is 11.1. The third kappa shape index (κ3) is 2.40. The second-order valence-electron chi connectivity index (χ2n) is 5.05. The molecule has 0 N–H and O–H groups in total. The number of hydrogen-bond acceptors (Lipinski definition) is 1. The molecule has 0 spiro atoms. The highest BCUT2D eigenvalue weighted by Crippen LogP contribution is 2.21. The molecule has 2 nitrogen and oxygen atoms in total. The third-order valence-electron chi connectivity index (χ3n) is 2.26. The van der Waals surface area contributed by atoms with E-state index in [-0.39, 0.29) is 5.41 Å². The molecular weight excluding hydrogens is 252 g/mol. The average molecular weight is 267 g/mol. The molecule has 15 heavy (non-hydrogen) atoms. The molecule has 2 heterocycles. The van der Waals surface area contributed by atoms with E-state index in [1.54, 1.807) is 0 Å². The molecule has 0 fully saturated rings. The van der Waals surface area contributed by atoms with Crippen molar-refractivity contribution in [2.75, 3.05) is 0 Å². The van der Waals surface area contributed by atoms with Crippen molar-refractivity contribution in [2.45, 2.75) is 27.2 Å². The standard InChI is InChI=1S/C12H15BrN2/c1-12(2,3)6-11-14-7-10-5-4-9(13)8-15(10)11/h4-5,7-8H,6H2,1-3H3. The Hall–Kier alpha value is -0.830. The first kappa shape index (κ1) is 10.7. The number of imidazole rings is 1. The number of nitrogens with zero attached hydrogens (tertiary/aromatic N) is 2. The monoisotopic (exact) mass is 266 g/mol. The van der Waals surface area contributed by atoms with Crippen molar-refractivity contribution in [3.05, 3.63) is 34.8 Å². The Morgan fingerprint density at radius 3 is 2.73 bits per heavy atom. The predicted octanol–water partition coefficient (Wildman–Crippen LogP) is 3.69. The van der Waals surface area contributed by atoms with Gasteiger partial charge in [0.1, 0.15) is 5.82 Å². The van der Waals surface area contributed by atoms with Crippen molar-refractivity contribution >= 4 is 21.4 Å². The Morgan fingerprint density at radius 2 is 2.07 bits per heavy atom. The second-order valence-corrected chi connectivity index (χ2v) is 5.97. The highest BCUT2D eigenvalue weighted by atomic mass is 79.9. The summed E-state index contributed by atoms with van der Waals surface area (Å²) in [4.78, 5) is 4.46. The topological polar surface area (TPSA) is 17.3 Å². The number of hydrogen-bond donors (Lipinski definition) is 0. The van der Waals surface area contributed by atoms with Gasteiger partial charge in [0.2, 0.25) is 0 Å². The zero-order valence-electron chi connectivity index (χ0n) is 9.29. The maximum atomic E-state index is 4.46. The highest BCUT2D eigenvalue weighted by Gasteiger charge is 2.14. The van der Waals surface area contributed by atoms with E-state index in [9.17, 15) is 0 Å². The Labute approximate surface area is 98.5 Å². The summed E-state index contributed by atoms with van der Waals surface area (Å²) in [5, 5.41) is 0. The van der Waals surface area contributed by atoms with Crippen LogP contribution in [0.4, 0.5) is 0 Å². The van der Waals surface area contributed by atoms with E-state index in [0.717, 1.165) is 22.2 Å². The molecule has 2 aromatic rings. The lowest BCUT2D eigenvalue weighted by molar-refractivity contribution is 0.400. The van der Waals surface area contributed by atoms with Crippen LogP contribution in [0.2, 0.25) is 0 Å². The van der Waals surface area contributed by atoms with E-state index in [1.807, 2.05) is 12.3 Å². The lowest BCUT2D eigenvalue weighted by Gasteiger charge is -2.16. The van der Waals surface area contributed by atoms with Crippen LogP contribution < -0.4 is 0 Å². The van der Waals surface area contributed by atoms with Gasteiger partial charge in [-0.25, -0.2) is 4.98 Å². The number of rotatable bonds is 1. The molecule has 80 valence electrons. The smallest absolute Gasteiger partial charge is 0.113 e. The largest absolute Gasteiger partial charge is 0.303 e. The summed E-state index contributed by atoms with van der Waals surface area (Å²) in [5.41, 5.74) is 1.42. The summed E-state index contributed by atoms with van der Waals surface area (Å²) in [5.74, 6) is 1.12. The molecule has 2 rings (SSSR count). The van der Waals surface area contributed by atoms with Gasteiger partial charge in [0.25, 0.3) is 0 Å². The normalized spacial score (nSPS) is 12.3. The molecular formula is C12H15BrN2. The Balaban J connectivity index is 2.48. The maximum Gasteiger partial charge on any atom is 0.113 e. The van der Waals surface area contributed by atoms with E-state index in [2.05, 4.69) is 58.3 Å².